The zero-order valence-corrected chi connectivity index (χ0v) is 11.9. The fourth-order valence-corrected chi connectivity index (χ4v) is 1.54. The number of benzene rings is 1. The van der Waals surface area contributed by atoms with Gasteiger partial charge in [0.25, 0.3) is 0 Å². The summed E-state index contributed by atoms with van der Waals surface area (Å²) in [6.45, 7) is 7.16. The monoisotopic (exact) mass is 265 g/mol. The molecule has 0 heterocycles. The van der Waals surface area contributed by atoms with Crippen LogP contribution in [0.5, 0.6) is 0 Å². The molecule has 0 aliphatic heterocycles. The van der Waals surface area contributed by atoms with Crippen LogP contribution in [0.4, 0.5) is 0 Å². The van der Waals surface area contributed by atoms with Crippen molar-refractivity contribution in [1.29, 1.82) is 0 Å². The van der Waals surface area contributed by atoms with Crippen molar-refractivity contribution in [3.8, 4) is 0 Å². The van der Waals surface area contributed by atoms with Gasteiger partial charge in [-0.25, -0.2) is 4.79 Å². The van der Waals surface area contributed by atoms with Gasteiger partial charge in [-0.15, -0.1) is 0 Å². The second kappa shape index (κ2) is 7.26. The van der Waals surface area contributed by atoms with Gasteiger partial charge in [0.1, 0.15) is 6.61 Å². The van der Waals surface area contributed by atoms with Crippen molar-refractivity contribution in [3.63, 3.8) is 0 Å². The SMILES string of the molecule is CC(C)(C)OCCOC(=O)c1ccc(CCN)cc1. The van der Waals surface area contributed by atoms with Crippen molar-refractivity contribution in [1.82, 2.24) is 0 Å². The van der Waals surface area contributed by atoms with Crippen LogP contribution in [0, 0.1) is 0 Å². The summed E-state index contributed by atoms with van der Waals surface area (Å²) in [5.74, 6) is -0.322. The average Bonchev–Trinajstić information content (AvgIpc) is 2.34. The first-order chi connectivity index (χ1) is 8.92. The van der Waals surface area contributed by atoms with Crippen LogP contribution < -0.4 is 5.73 Å². The van der Waals surface area contributed by atoms with Crippen molar-refractivity contribution in [2.24, 2.45) is 5.73 Å². The Balaban J connectivity index is 2.37. The number of hydrogen-bond donors (Lipinski definition) is 1. The predicted molar refractivity (Wildman–Crippen MR) is 75.2 cm³/mol. The quantitative estimate of drug-likeness (QED) is 0.632. The highest BCUT2D eigenvalue weighted by atomic mass is 16.6. The minimum absolute atomic E-state index is 0.212. The molecular formula is C15H23NO3. The molecule has 4 heteroatoms. The molecule has 0 spiro atoms. The third-order valence-electron chi connectivity index (χ3n) is 2.47. The summed E-state index contributed by atoms with van der Waals surface area (Å²) in [6, 6.07) is 7.32. The van der Waals surface area contributed by atoms with Gasteiger partial charge in [0, 0.05) is 0 Å². The van der Waals surface area contributed by atoms with Gasteiger partial charge in [-0.2, -0.15) is 0 Å². The Labute approximate surface area is 114 Å². The first kappa shape index (κ1) is 15.7. The second-order valence-corrected chi connectivity index (χ2v) is 5.33. The molecule has 2 N–H and O–H groups in total. The Morgan fingerprint density at radius 3 is 2.32 bits per heavy atom. The lowest BCUT2D eigenvalue weighted by molar-refractivity contribution is -0.0281. The fourth-order valence-electron chi connectivity index (χ4n) is 1.54. The molecule has 106 valence electrons. The lowest BCUT2D eigenvalue weighted by Crippen LogP contribution is -2.22. The Morgan fingerprint density at radius 1 is 1.16 bits per heavy atom. The smallest absolute Gasteiger partial charge is 0.338 e. The third-order valence-corrected chi connectivity index (χ3v) is 2.47. The van der Waals surface area contributed by atoms with Gasteiger partial charge >= 0.3 is 5.97 Å². The van der Waals surface area contributed by atoms with Gasteiger partial charge in [-0.05, 0) is 51.4 Å². The number of ether oxygens (including phenoxy) is 2. The highest BCUT2D eigenvalue weighted by Gasteiger charge is 2.11. The lowest BCUT2D eigenvalue weighted by Gasteiger charge is -2.19. The highest BCUT2D eigenvalue weighted by molar-refractivity contribution is 5.89. The summed E-state index contributed by atoms with van der Waals surface area (Å²) in [7, 11) is 0. The number of carbonyl (C=O) groups is 1. The maximum absolute atomic E-state index is 11.7. The third kappa shape index (κ3) is 6.36. The van der Waals surface area contributed by atoms with Crippen molar-refractivity contribution < 1.29 is 14.3 Å². The van der Waals surface area contributed by atoms with Gasteiger partial charge in [-0.1, -0.05) is 12.1 Å². The number of nitrogens with two attached hydrogens (primary N) is 1. The standard InChI is InChI=1S/C15H23NO3/c1-15(2,3)19-11-10-18-14(17)13-6-4-12(5-7-13)8-9-16/h4-7H,8-11,16H2,1-3H3. The molecule has 0 saturated carbocycles. The summed E-state index contributed by atoms with van der Waals surface area (Å²) >= 11 is 0. The molecule has 1 aromatic rings. The van der Waals surface area contributed by atoms with Crippen LogP contribution in [0.25, 0.3) is 0 Å². The Hall–Kier alpha value is -1.39. The van der Waals surface area contributed by atoms with Gasteiger partial charge < -0.3 is 15.2 Å². The molecule has 0 bridgehead atoms. The normalized spacial score (nSPS) is 11.4. The number of carbonyl (C=O) groups excluding carboxylic acids is 1. The van der Waals surface area contributed by atoms with E-state index in [0.717, 1.165) is 12.0 Å². The summed E-state index contributed by atoms with van der Waals surface area (Å²) in [6.07, 6.45) is 0.814. The van der Waals surface area contributed by atoms with E-state index in [-0.39, 0.29) is 18.2 Å². The minimum atomic E-state index is -0.322. The summed E-state index contributed by atoms with van der Waals surface area (Å²) < 4.78 is 10.6. The maximum atomic E-state index is 11.7. The largest absolute Gasteiger partial charge is 0.460 e. The van der Waals surface area contributed by atoms with Crippen LogP contribution in [-0.4, -0.2) is 31.3 Å². The Bertz CT molecular complexity index is 393. The van der Waals surface area contributed by atoms with Crippen molar-refractivity contribution in [2.75, 3.05) is 19.8 Å². The zero-order valence-electron chi connectivity index (χ0n) is 11.9. The maximum Gasteiger partial charge on any atom is 0.338 e. The molecule has 4 nitrogen and oxygen atoms in total. The van der Waals surface area contributed by atoms with E-state index in [0.29, 0.717) is 18.7 Å². The molecule has 0 atom stereocenters. The molecular weight excluding hydrogens is 242 g/mol. The van der Waals surface area contributed by atoms with Gasteiger partial charge in [0.15, 0.2) is 0 Å². The number of hydrogen-bond acceptors (Lipinski definition) is 4. The Morgan fingerprint density at radius 2 is 1.79 bits per heavy atom. The summed E-state index contributed by atoms with van der Waals surface area (Å²) in [4.78, 5) is 11.7. The zero-order chi connectivity index (χ0) is 14.3. The van der Waals surface area contributed by atoms with E-state index < -0.39 is 0 Å². The molecule has 0 aromatic heterocycles. The highest BCUT2D eigenvalue weighted by Crippen LogP contribution is 2.08. The number of esters is 1. The summed E-state index contributed by atoms with van der Waals surface area (Å²) in [5.41, 5.74) is 6.93. The molecule has 0 radical (unpaired) electrons. The topological polar surface area (TPSA) is 61.5 Å². The van der Waals surface area contributed by atoms with Crippen molar-refractivity contribution in [2.45, 2.75) is 32.8 Å². The van der Waals surface area contributed by atoms with E-state index in [1.807, 2.05) is 32.9 Å². The fraction of sp³-hybridized carbons (Fsp3) is 0.533. The molecule has 0 amide bonds. The molecule has 19 heavy (non-hydrogen) atoms. The van der Waals surface area contributed by atoms with Gasteiger partial charge in [0.05, 0.1) is 17.8 Å². The summed E-state index contributed by atoms with van der Waals surface area (Å²) in [5, 5.41) is 0. The number of rotatable bonds is 6. The first-order valence-electron chi connectivity index (χ1n) is 6.52. The van der Waals surface area contributed by atoms with E-state index in [2.05, 4.69) is 0 Å². The molecule has 1 aromatic carbocycles. The van der Waals surface area contributed by atoms with Crippen LogP contribution in [0.15, 0.2) is 24.3 Å². The molecule has 0 fully saturated rings. The van der Waals surface area contributed by atoms with E-state index in [1.165, 1.54) is 0 Å². The second-order valence-electron chi connectivity index (χ2n) is 5.33. The molecule has 1 rings (SSSR count). The van der Waals surface area contributed by atoms with Gasteiger partial charge in [0.2, 0.25) is 0 Å². The minimum Gasteiger partial charge on any atom is -0.460 e. The van der Waals surface area contributed by atoms with E-state index in [1.54, 1.807) is 12.1 Å². The molecule has 0 saturated heterocycles. The van der Waals surface area contributed by atoms with Crippen molar-refractivity contribution >= 4 is 5.97 Å². The lowest BCUT2D eigenvalue weighted by atomic mass is 10.1. The van der Waals surface area contributed by atoms with Gasteiger partial charge in [-0.3, -0.25) is 0 Å². The van der Waals surface area contributed by atoms with E-state index >= 15 is 0 Å². The molecule has 0 aliphatic carbocycles. The van der Waals surface area contributed by atoms with E-state index in [4.69, 9.17) is 15.2 Å². The van der Waals surface area contributed by atoms with Crippen LogP contribution in [0.1, 0.15) is 36.7 Å². The van der Waals surface area contributed by atoms with Crippen LogP contribution in [0.3, 0.4) is 0 Å². The predicted octanol–water partition coefficient (Wildman–Crippen LogP) is 2.16. The first-order valence-corrected chi connectivity index (χ1v) is 6.52. The molecule has 0 aliphatic rings. The van der Waals surface area contributed by atoms with Crippen LogP contribution in [0.2, 0.25) is 0 Å². The van der Waals surface area contributed by atoms with E-state index in [9.17, 15) is 4.79 Å². The van der Waals surface area contributed by atoms with Crippen LogP contribution in [-0.2, 0) is 15.9 Å². The molecule has 0 unspecified atom stereocenters. The van der Waals surface area contributed by atoms with Crippen LogP contribution >= 0.6 is 0 Å². The average molecular weight is 265 g/mol. The Kier molecular flexibility index (Phi) is 5.99. The van der Waals surface area contributed by atoms with Crippen molar-refractivity contribution in [3.05, 3.63) is 35.4 Å².